The predicted octanol–water partition coefficient (Wildman–Crippen LogP) is 2.30. The van der Waals surface area contributed by atoms with Gasteiger partial charge >= 0.3 is 0 Å². The van der Waals surface area contributed by atoms with Gasteiger partial charge in [-0.3, -0.25) is 9.36 Å². The van der Waals surface area contributed by atoms with Crippen LogP contribution in [0.2, 0.25) is 0 Å². The van der Waals surface area contributed by atoms with E-state index < -0.39 is 0 Å². The Hall–Kier alpha value is -1.87. The lowest BCUT2D eigenvalue weighted by Gasteiger charge is -2.25. The molecule has 1 aliphatic heterocycles. The lowest BCUT2D eigenvalue weighted by atomic mass is 10.2. The summed E-state index contributed by atoms with van der Waals surface area (Å²) in [7, 11) is 0. The van der Waals surface area contributed by atoms with Crippen molar-refractivity contribution in [1.82, 2.24) is 4.57 Å². The van der Waals surface area contributed by atoms with Crippen LogP contribution in [-0.4, -0.2) is 11.2 Å². The van der Waals surface area contributed by atoms with Crippen LogP contribution in [0.4, 0.5) is 5.69 Å². The van der Waals surface area contributed by atoms with Gasteiger partial charge < -0.3 is 9.32 Å². The molecule has 0 saturated carbocycles. The summed E-state index contributed by atoms with van der Waals surface area (Å²) in [5.41, 5.74) is 2.26. The number of aromatic nitrogens is 1. The number of hydrogen-bond acceptors (Lipinski definition) is 5. The fourth-order valence-corrected chi connectivity index (χ4v) is 3.94. The Labute approximate surface area is 155 Å². The highest BCUT2D eigenvalue weighted by Gasteiger charge is 2.16. The molecule has 3 heterocycles. The Morgan fingerprint density at radius 3 is 2.75 bits per heavy atom. The SMILES string of the molecule is Cc1ccc(N2CN=c3s/c(=C\c4ccc(I)o4)c(=O)n3C2)cc1. The molecule has 0 spiro atoms. The number of rotatable bonds is 2. The van der Waals surface area contributed by atoms with Gasteiger partial charge in [0.2, 0.25) is 0 Å². The van der Waals surface area contributed by atoms with Crippen molar-refractivity contribution >= 4 is 45.7 Å². The van der Waals surface area contributed by atoms with Crippen LogP contribution in [0, 0.1) is 10.7 Å². The fourth-order valence-electron chi connectivity index (χ4n) is 2.57. The average Bonchev–Trinajstić information content (AvgIpc) is 3.12. The molecule has 4 rings (SSSR count). The first-order valence-corrected chi connectivity index (χ1v) is 9.32. The third-order valence-electron chi connectivity index (χ3n) is 3.84. The van der Waals surface area contributed by atoms with Crippen molar-refractivity contribution < 1.29 is 4.42 Å². The van der Waals surface area contributed by atoms with Gasteiger partial charge in [-0.2, -0.15) is 0 Å². The maximum atomic E-state index is 12.7. The van der Waals surface area contributed by atoms with Crippen molar-refractivity contribution in [3.63, 3.8) is 0 Å². The van der Waals surface area contributed by atoms with Gasteiger partial charge in [0.15, 0.2) is 8.57 Å². The molecular weight excluding hydrogens is 437 g/mol. The maximum Gasteiger partial charge on any atom is 0.271 e. The highest BCUT2D eigenvalue weighted by atomic mass is 127. The van der Waals surface area contributed by atoms with Crippen LogP contribution in [-0.2, 0) is 6.67 Å². The summed E-state index contributed by atoms with van der Waals surface area (Å²) < 4.78 is 8.69. The van der Waals surface area contributed by atoms with Crippen LogP contribution in [0.3, 0.4) is 0 Å². The third-order valence-corrected chi connectivity index (χ3v) is 5.47. The molecule has 7 heteroatoms. The number of aryl methyl sites for hydroxylation is 1. The van der Waals surface area contributed by atoms with E-state index in [2.05, 4.69) is 63.7 Å². The normalized spacial score (nSPS) is 14.6. The molecule has 3 aromatic rings. The van der Waals surface area contributed by atoms with Gasteiger partial charge in [0.25, 0.3) is 5.56 Å². The van der Waals surface area contributed by atoms with E-state index in [9.17, 15) is 4.79 Å². The quantitative estimate of drug-likeness (QED) is 0.562. The summed E-state index contributed by atoms with van der Waals surface area (Å²) in [6.07, 6.45) is 1.78. The molecule has 24 heavy (non-hydrogen) atoms. The van der Waals surface area contributed by atoms with E-state index in [1.54, 1.807) is 10.6 Å². The van der Waals surface area contributed by atoms with Crippen LogP contribution < -0.4 is 19.8 Å². The zero-order valence-electron chi connectivity index (χ0n) is 12.9. The number of benzene rings is 1. The van der Waals surface area contributed by atoms with E-state index in [1.807, 2.05) is 12.1 Å². The minimum Gasteiger partial charge on any atom is -0.451 e. The smallest absolute Gasteiger partial charge is 0.271 e. The van der Waals surface area contributed by atoms with E-state index in [0.717, 1.165) is 14.3 Å². The molecule has 1 aliphatic rings. The largest absolute Gasteiger partial charge is 0.451 e. The van der Waals surface area contributed by atoms with Crippen molar-refractivity contribution in [2.75, 3.05) is 11.6 Å². The number of anilines is 1. The summed E-state index contributed by atoms with van der Waals surface area (Å²) >= 11 is 3.51. The number of fused-ring (bicyclic) bond motifs is 1. The zero-order chi connectivity index (χ0) is 16.7. The number of hydrogen-bond donors (Lipinski definition) is 0. The number of thiazole rings is 1. The summed E-state index contributed by atoms with van der Waals surface area (Å²) in [6.45, 7) is 3.13. The van der Waals surface area contributed by atoms with Crippen molar-refractivity contribution in [3.05, 3.63) is 71.2 Å². The first-order valence-electron chi connectivity index (χ1n) is 7.43. The first-order chi connectivity index (χ1) is 11.6. The topological polar surface area (TPSA) is 50.7 Å². The Bertz CT molecular complexity index is 1060. The lowest BCUT2D eigenvalue weighted by Crippen LogP contribution is -2.42. The molecule has 0 bridgehead atoms. The summed E-state index contributed by atoms with van der Waals surface area (Å²) in [5.74, 6) is 0.686. The molecule has 5 nitrogen and oxygen atoms in total. The van der Waals surface area contributed by atoms with Crippen LogP contribution in [0.15, 0.2) is 50.6 Å². The molecule has 2 aromatic heterocycles. The lowest BCUT2D eigenvalue weighted by molar-refractivity contribution is 0.528. The monoisotopic (exact) mass is 451 g/mol. The highest BCUT2D eigenvalue weighted by molar-refractivity contribution is 14.1. The number of nitrogens with zero attached hydrogens (tertiary/aromatic N) is 3. The minimum atomic E-state index is -0.0260. The van der Waals surface area contributed by atoms with E-state index in [0.29, 0.717) is 23.6 Å². The van der Waals surface area contributed by atoms with Gasteiger partial charge in [0.1, 0.15) is 19.1 Å². The summed E-state index contributed by atoms with van der Waals surface area (Å²) in [4.78, 5) is 20.1. The number of halogens is 1. The second-order valence-electron chi connectivity index (χ2n) is 5.58. The molecule has 122 valence electrons. The molecular formula is C17H14IN3O2S. The highest BCUT2D eigenvalue weighted by Crippen LogP contribution is 2.16. The fraction of sp³-hybridized carbons (Fsp3) is 0.176. The molecule has 0 atom stereocenters. The van der Waals surface area contributed by atoms with Crippen LogP contribution in [0.5, 0.6) is 0 Å². The second kappa shape index (κ2) is 6.21. The molecule has 0 aliphatic carbocycles. The zero-order valence-corrected chi connectivity index (χ0v) is 15.9. The van der Waals surface area contributed by atoms with Gasteiger partial charge in [-0.1, -0.05) is 29.0 Å². The first kappa shape index (κ1) is 15.6. The molecule has 0 amide bonds. The van der Waals surface area contributed by atoms with E-state index in [-0.39, 0.29) is 5.56 Å². The summed E-state index contributed by atoms with van der Waals surface area (Å²) in [6, 6.07) is 12.0. The third kappa shape index (κ3) is 2.93. The van der Waals surface area contributed by atoms with Crippen LogP contribution in [0.1, 0.15) is 11.3 Å². The second-order valence-corrected chi connectivity index (χ2v) is 7.66. The Kier molecular flexibility index (Phi) is 4.05. The van der Waals surface area contributed by atoms with Crippen molar-refractivity contribution in [1.29, 1.82) is 0 Å². The van der Waals surface area contributed by atoms with Gasteiger partial charge in [0.05, 0.1) is 4.53 Å². The van der Waals surface area contributed by atoms with E-state index >= 15 is 0 Å². The molecule has 0 fully saturated rings. The Balaban J connectivity index is 1.71. The predicted molar refractivity (Wildman–Crippen MR) is 103 cm³/mol. The molecule has 1 aromatic carbocycles. The van der Waals surface area contributed by atoms with Crippen LogP contribution >= 0.6 is 33.9 Å². The van der Waals surface area contributed by atoms with Crippen LogP contribution in [0.25, 0.3) is 6.08 Å². The van der Waals surface area contributed by atoms with E-state index in [1.165, 1.54) is 16.9 Å². The van der Waals surface area contributed by atoms with Crippen molar-refractivity contribution in [2.24, 2.45) is 4.99 Å². The van der Waals surface area contributed by atoms with Gasteiger partial charge in [0, 0.05) is 11.8 Å². The number of furan rings is 1. The van der Waals surface area contributed by atoms with Gasteiger partial charge in [-0.05, 0) is 53.8 Å². The molecule has 0 N–H and O–H groups in total. The van der Waals surface area contributed by atoms with Gasteiger partial charge in [-0.25, -0.2) is 4.99 Å². The molecule has 0 unspecified atom stereocenters. The summed E-state index contributed by atoms with van der Waals surface area (Å²) in [5, 5.41) is 0. The van der Waals surface area contributed by atoms with Gasteiger partial charge in [-0.15, -0.1) is 0 Å². The Morgan fingerprint density at radius 2 is 2.04 bits per heavy atom. The molecule has 0 radical (unpaired) electrons. The van der Waals surface area contributed by atoms with Crippen molar-refractivity contribution in [3.8, 4) is 0 Å². The molecule has 0 saturated heterocycles. The average molecular weight is 451 g/mol. The maximum absolute atomic E-state index is 12.7. The Morgan fingerprint density at radius 1 is 1.25 bits per heavy atom. The standard InChI is InChI=1S/C17H14IN3O2S/c1-11-2-4-12(5-3-11)20-9-19-17-21(10-20)16(22)14(24-17)8-13-6-7-15(18)23-13/h2-8H,9-10H2,1H3/b14-8-. The minimum absolute atomic E-state index is 0.0260. The van der Waals surface area contributed by atoms with Crippen molar-refractivity contribution in [2.45, 2.75) is 13.6 Å². The van der Waals surface area contributed by atoms with E-state index in [4.69, 9.17) is 4.42 Å².